The predicted molar refractivity (Wildman–Crippen MR) is 73.2 cm³/mol. The van der Waals surface area contributed by atoms with Gasteiger partial charge in [-0.15, -0.1) is 0 Å². The molecule has 0 bridgehead atoms. The van der Waals surface area contributed by atoms with E-state index in [1.54, 1.807) is 7.11 Å². The summed E-state index contributed by atoms with van der Waals surface area (Å²) in [5, 5.41) is 0. The fraction of sp³-hybridized carbons (Fsp3) is 0.929. The summed E-state index contributed by atoms with van der Waals surface area (Å²) in [6.07, 6.45) is 4.02. The molecule has 0 aliphatic heterocycles. The molecule has 2 unspecified atom stereocenters. The van der Waals surface area contributed by atoms with Crippen LogP contribution in [-0.4, -0.2) is 43.7 Å². The number of nitrogens with zero attached hydrogens (tertiary/aromatic N) is 1. The first kappa shape index (κ1) is 15.4. The maximum atomic E-state index is 12.3. The zero-order valence-corrected chi connectivity index (χ0v) is 12.0. The minimum Gasteiger partial charge on any atom is -0.383 e. The lowest BCUT2D eigenvalue weighted by atomic mass is 10.0. The average Bonchev–Trinajstić information content (AvgIpc) is 3.20. The lowest BCUT2D eigenvalue weighted by Gasteiger charge is -2.29. The van der Waals surface area contributed by atoms with E-state index in [-0.39, 0.29) is 5.91 Å². The Hall–Kier alpha value is -0.610. The van der Waals surface area contributed by atoms with Crippen molar-refractivity contribution in [2.75, 3.05) is 26.8 Å². The van der Waals surface area contributed by atoms with E-state index in [1.807, 2.05) is 4.90 Å². The monoisotopic (exact) mass is 256 g/mol. The molecule has 106 valence electrons. The molecule has 0 heterocycles. The summed E-state index contributed by atoms with van der Waals surface area (Å²) in [6.45, 7) is 6.25. The third-order valence-corrected chi connectivity index (χ3v) is 3.91. The van der Waals surface area contributed by atoms with E-state index in [9.17, 15) is 4.79 Å². The number of hydrogen-bond acceptors (Lipinski definition) is 3. The molecular weight excluding hydrogens is 228 g/mol. The van der Waals surface area contributed by atoms with Crippen LogP contribution in [0.4, 0.5) is 0 Å². The smallest absolute Gasteiger partial charge is 0.222 e. The summed E-state index contributed by atoms with van der Waals surface area (Å²) in [5.41, 5.74) is 5.59. The Morgan fingerprint density at radius 3 is 2.61 bits per heavy atom. The molecule has 0 radical (unpaired) electrons. The Labute approximate surface area is 111 Å². The second-order valence-corrected chi connectivity index (χ2v) is 5.54. The van der Waals surface area contributed by atoms with Crippen LogP contribution < -0.4 is 5.73 Å². The van der Waals surface area contributed by atoms with Crippen LogP contribution in [0.2, 0.25) is 0 Å². The van der Waals surface area contributed by atoms with Gasteiger partial charge in [0.05, 0.1) is 6.61 Å². The van der Waals surface area contributed by atoms with Gasteiger partial charge in [-0.1, -0.05) is 6.92 Å². The van der Waals surface area contributed by atoms with Gasteiger partial charge in [0.25, 0.3) is 0 Å². The van der Waals surface area contributed by atoms with Crippen LogP contribution in [0, 0.1) is 11.8 Å². The summed E-state index contributed by atoms with van der Waals surface area (Å²) >= 11 is 0. The van der Waals surface area contributed by atoms with Crippen LogP contribution in [0.1, 0.15) is 39.5 Å². The molecule has 4 nitrogen and oxygen atoms in total. The average molecular weight is 256 g/mol. The standard InChI is InChI=1S/C14H28N2O2/c1-11(10-15)4-7-14(17)16(8-9-18-3)12(2)13-5-6-13/h11-13H,4-10,15H2,1-3H3. The lowest BCUT2D eigenvalue weighted by Crippen LogP contribution is -2.42. The highest BCUT2D eigenvalue weighted by molar-refractivity contribution is 5.76. The third kappa shape index (κ3) is 4.94. The van der Waals surface area contributed by atoms with Crippen LogP contribution in [0.5, 0.6) is 0 Å². The Bertz CT molecular complexity index is 254. The predicted octanol–water partition coefficient (Wildman–Crippen LogP) is 1.63. The minimum absolute atomic E-state index is 0.256. The van der Waals surface area contributed by atoms with Crippen molar-refractivity contribution in [3.8, 4) is 0 Å². The van der Waals surface area contributed by atoms with Crippen molar-refractivity contribution >= 4 is 5.91 Å². The zero-order chi connectivity index (χ0) is 13.5. The minimum atomic E-state index is 0.256. The van der Waals surface area contributed by atoms with Gasteiger partial charge in [-0.3, -0.25) is 4.79 Å². The van der Waals surface area contributed by atoms with E-state index in [0.29, 0.717) is 44.0 Å². The van der Waals surface area contributed by atoms with Gasteiger partial charge in [-0.05, 0) is 44.6 Å². The quantitative estimate of drug-likeness (QED) is 0.682. The first-order valence-corrected chi connectivity index (χ1v) is 7.08. The maximum Gasteiger partial charge on any atom is 0.222 e. The van der Waals surface area contributed by atoms with Gasteiger partial charge in [-0.2, -0.15) is 0 Å². The normalized spacial score (nSPS) is 18.4. The number of amides is 1. The highest BCUT2D eigenvalue weighted by Gasteiger charge is 2.33. The van der Waals surface area contributed by atoms with E-state index in [4.69, 9.17) is 10.5 Å². The van der Waals surface area contributed by atoms with Crippen molar-refractivity contribution in [3.63, 3.8) is 0 Å². The van der Waals surface area contributed by atoms with Crippen LogP contribution in [0.3, 0.4) is 0 Å². The van der Waals surface area contributed by atoms with E-state index in [2.05, 4.69) is 13.8 Å². The molecule has 1 saturated carbocycles. The van der Waals surface area contributed by atoms with Crippen molar-refractivity contribution in [3.05, 3.63) is 0 Å². The molecular formula is C14H28N2O2. The van der Waals surface area contributed by atoms with Crippen molar-refractivity contribution < 1.29 is 9.53 Å². The number of rotatable bonds is 9. The molecule has 0 aromatic heterocycles. The fourth-order valence-electron chi connectivity index (χ4n) is 2.21. The molecule has 0 saturated heterocycles. The molecule has 2 N–H and O–H groups in total. The summed E-state index contributed by atoms with van der Waals surface area (Å²) in [4.78, 5) is 14.3. The first-order valence-electron chi connectivity index (χ1n) is 7.08. The van der Waals surface area contributed by atoms with Crippen LogP contribution >= 0.6 is 0 Å². The molecule has 0 spiro atoms. The summed E-state index contributed by atoms with van der Waals surface area (Å²) in [5.74, 6) is 1.39. The summed E-state index contributed by atoms with van der Waals surface area (Å²) < 4.78 is 5.11. The van der Waals surface area contributed by atoms with Gasteiger partial charge < -0.3 is 15.4 Å². The third-order valence-electron chi connectivity index (χ3n) is 3.91. The van der Waals surface area contributed by atoms with Crippen LogP contribution in [0.15, 0.2) is 0 Å². The summed E-state index contributed by atoms with van der Waals surface area (Å²) in [6, 6.07) is 0.362. The van der Waals surface area contributed by atoms with Gasteiger partial charge in [0.15, 0.2) is 0 Å². The van der Waals surface area contributed by atoms with Crippen molar-refractivity contribution in [2.24, 2.45) is 17.6 Å². The van der Waals surface area contributed by atoms with E-state index in [0.717, 1.165) is 6.42 Å². The number of hydrogen-bond donors (Lipinski definition) is 1. The second kappa shape index (κ2) is 7.74. The highest BCUT2D eigenvalue weighted by atomic mass is 16.5. The first-order chi connectivity index (χ1) is 8.60. The second-order valence-electron chi connectivity index (χ2n) is 5.54. The summed E-state index contributed by atoms with van der Waals surface area (Å²) in [7, 11) is 1.68. The number of ether oxygens (including phenoxy) is 1. The van der Waals surface area contributed by atoms with E-state index >= 15 is 0 Å². The van der Waals surface area contributed by atoms with Crippen LogP contribution in [-0.2, 0) is 9.53 Å². The molecule has 4 heteroatoms. The van der Waals surface area contributed by atoms with Gasteiger partial charge in [0.2, 0.25) is 5.91 Å². The molecule has 1 aliphatic carbocycles. The van der Waals surface area contributed by atoms with Gasteiger partial charge >= 0.3 is 0 Å². The molecule has 1 amide bonds. The van der Waals surface area contributed by atoms with E-state index < -0.39 is 0 Å². The highest BCUT2D eigenvalue weighted by Crippen LogP contribution is 2.35. The number of carbonyl (C=O) groups is 1. The zero-order valence-electron chi connectivity index (χ0n) is 12.0. The molecule has 0 aromatic carbocycles. The van der Waals surface area contributed by atoms with Gasteiger partial charge in [0, 0.05) is 26.1 Å². The molecule has 0 aromatic rings. The molecule has 1 rings (SSSR count). The molecule has 1 fully saturated rings. The maximum absolute atomic E-state index is 12.3. The van der Waals surface area contributed by atoms with Crippen molar-refractivity contribution in [2.45, 2.75) is 45.6 Å². The Kier molecular flexibility index (Phi) is 6.65. The lowest BCUT2D eigenvalue weighted by molar-refractivity contribution is -0.134. The Balaban J connectivity index is 2.44. The molecule has 1 aliphatic rings. The van der Waals surface area contributed by atoms with E-state index in [1.165, 1.54) is 12.8 Å². The van der Waals surface area contributed by atoms with Crippen LogP contribution in [0.25, 0.3) is 0 Å². The fourth-order valence-corrected chi connectivity index (χ4v) is 2.21. The van der Waals surface area contributed by atoms with Crippen molar-refractivity contribution in [1.29, 1.82) is 0 Å². The molecule has 2 atom stereocenters. The SMILES string of the molecule is COCCN(C(=O)CCC(C)CN)C(C)C1CC1. The van der Waals surface area contributed by atoms with Gasteiger partial charge in [-0.25, -0.2) is 0 Å². The Morgan fingerprint density at radius 2 is 2.11 bits per heavy atom. The van der Waals surface area contributed by atoms with Crippen molar-refractivity contribution in [1.82, 2.24) is 4.90 Å². The number of carbonyl (C=O) groups excluding carboxylic acids is 1. The van der Waals surface area contributed by atoms with Gasteiger partial charge in [0.1, 0.15) is 0 Å². The number of nitrogens with two attached hydrogens (primary N) is 1. The number of methoxy groups -OCH3 is 1. The largest absolute Gasteiger partial charge is 0.383 e. The Morgan fingerprint density at radius 1 is 1.44 bits per heavy atom. The topological polar surface area (TPSA) is 55.6 Å². The molecule has 18 heavy (non-hydrogen) atoms.